The molecule has 0 saturated carbocycles. The quantitative estimate of drug-likeness (QED) is 0.216. The van der Waals surface area contributed by atoms with Crippen LogP contribution in [0.4, 0.5) is 5.69 Å². The molecule has 3 N–H and O–H groups in total. The van der Waals surface area contributed by atoms with E-state index in [1.54, 1.807) is 54.6 Å². The number of amides is 1. The average molecular weight is 472 g/mol. The molecule has 3 rings (SSSR count). The summed E-state index contributed by atoms with van der Waals surface area (Å²) in [6.45, 7) is 12.1. The van der Waals surface area contributed by atoms with Crippen molar-refractivity contribution in [1.29, 1.82) is 0 Å². The van der Waals surface area contributed by atoms with Crippen LogP contribution in [-0.4, -0.2) is 21.9 Å². The Morgan fingerprint density at radius 2 is 1.26 bits per heavy atom. The van der Waals surface area contributed by atoms with Gasteiger partial charge in [0.25, 0.3) is 5.91 Å². The fourth-order valence-corrected chi connectivity index (χ4v) is 3.68. The molecule has 0 radical (unpaired) electrons. The molecule has 0 aliphatic heterocycles. The van der Waals surface area contributed by atoms with Gasteiger partial charge in [0.2, 0.25) is 0 Å². The molecular weight excluding hydrogens is 438 g/mol. The molecular formula is C30H33NO4. The summed E-state index contributed by atoms with van der Waals surface area (Å²) in [5, 5.41) is 23.0. The minimum absolute atomic E-state index is 0.130. The van der Waals surface area contributed by atoms with Crippen LogP contribution in [0.25, 0.3) is 6.08 Å². The van der Waals surface area contributed by atoms with Gasteiger partial charge in [-0.1, -0.05) is 59.8 Å². The van der Waals surface area contributed by atoms with E-state index in [1.807, 2.05) is 41.5 Å². The number of rotatable bonds is 5. The monoisotopic (exact) mass is 471 g/mol. The van der Waals surface area contributed by atoms with E-state index >= 15 is 0 Å². The maximum absolute atomic E-state index is 13.0. The van der Waals surface area contributed by atoms with Gasteiger partial charge in [-0.15, -0.1) is 0 Å². The zero-order valence-electron chi connectivity index (χ0n) is 21.1. The molecule has 0 heterocycles. The molecule has 3 aromatic carbocycles. The summed E-state index contributed by atoms with van der Waals surface area (Å²) in [5.41, 5.74) is 3.21. The van der Waals surface area contributed by atoms with E-state index in [2.05, 4.69) is 5.32 Å². The third-order valence-corrected chi connectivity index (χ3v) is 5.74. The van der Waals surface area contributed by atoms with E-state index in [0.717, 1.165) is 16.7 Å². The number of hydrogen-bond donors (Lipinski definition) is 3. The molecule has 0 fully saturated rings. The number of phenolic OH excluding ortho intramolecular Hbond substituents is 2. The average Bonchev–Trinajstić information content (AvgIpc) is 2.78. The van der Waals surface area contributed by atoms with Crippen molar-refractivity contribution in [3.8, 4) is 11.5 Å². The van der Waals surface area contributed by atoms with Gasteiger partial charge < -0.3 is 15.5 Å². The van der Waals surface area contributed by atoms with Crippen molar-refractivity contribution in [2.75, 3.05) is 5.32 Å². The second-order valence-electron chi connectivity index (χ2n) is 10.7. The van der Waals surface area contributed by atoms with Crippen LogP contribution in [0.3, 0.4) is 0 Å². The highest BCUT2D eigenvalue weighted by atomic mass is 16.3. The van der Waals surface area contributed by atoms with Crippen molar-refractivity contribution in [3.63, 3.8) is 0 Å². The summed E-state index contributed by atoms with van der Waals surface area (Å²) >= 11 is 0. The molecule has 0 saturated heterocycles. The van der Waals surface area contributed by atoms with Gasteiger partial charge in [-0.25, -0.2) is 0 Å². The zero-order valence-corrected chi connectivity index (χ0v) is 21.1. The number of hydrogen-bond acceptors (Lipinski definition) is 4. The van der Waals surface area contributed by atoms with Crippen LogP contribution in [0.1, 0.15) is 78.9 Å². The third-order valence-electron chi connectivity index (χ3n) is 5.74. The molecule has 5 heteroatoms. The number of ketones is 1. The van der Waals surface area contributed by atoms with Gasteiger partial charge >= 0.3 is 0 Å². The van der Waals surface area contributed by atoms with Gasteiger partial charge in [-0.2, -0.15) is 0 Å². The first-order chi connectivity index (χ1) is 16.3. The predicted molar refractivity (Wildman–Crippen MR) is 141 cm³/mol. The Kier molecular flexibility index (Phi) is 7.20. The van der Waals surface area contributed by atoms with Crippen molar-refractivity contribution in [2.45, 2.75) is 52.4 Å². The molecule has 35 heavy (non-hydrogen) atoms. The van der Waals surface area contributed by atoms with Crippen LogP contribution < -0.4 is 5.32 Å². The fourth-order valence-electron chi connectivity index (χ4n) is 3.68. The highest BCUT2D eigenvalue weighted by Gasteiger charge is 2.27. The summed E-state index contributed by atoms with van der Waals surface area (Å²) < 4.78 is 0. The Balaban J connectivity index is 1.79. The topological polar surface area (TPSA) is 86.6 Å². The van der Waals surface area contributed by atoms with Gasteiger partial charge in [0, 0.05) is 27.9 Å². The second kappa shape index (κ2) is 9.79. The molecule has 0 aliphatic rings. The predicted octanol–water partition coefficient (Wildman–Crippen LogP) is 6.84. The van der Waals surface area contributed by atoms with Crippen molar-refractivity contribution >= 4 is 23.5 Å². The molecule has 3 aromatic rings. The number of phenols is 2. The number of benzene rings is 3. The molecule has 0 aliphatic carbocycles. The lowest BCUT2D eigenvalue weighted by Gasteiger charge is -2.27. The third kappa shape index (κ3) is 6.38. The van der Waals surface area contributed by atoms with Gasteiger partial charge in [-0.3, -0.25) is 9.59 Å². The maximum Gasteiger partial charge on any atom is 0.255 e. The van der Waals surface area contributed by atoms with Crippen LogP contribution in [0.5, 0.6) is 11.5 Å². The van der Waals surface area contributed by atoms with Crippen molar-refractivity contribution in [3.05, 3.63) is 94.6 Å². The minimum atomic E-state index is -0.319. The largest absolute Gasteiger partial charge is 0.508 e. The zero-order chi connectivity index (χ0) is 26.0. The Labute approximate surface area is 207 Å². The maximum atomic E-state index is 13.0. The van der Waals surface area contributed by atoms with E-state index in [0.29, 0.717) is 16.8 Å². The number of aromatic hydroxyl groups is 2. The molecule has 0 spiro atoms. The first kappa shape index (κ1) is 25.8. The lowest BCUT2D eigenvalue weighted by molar-refractivity contribution is 0.102. The summed E-state index contributed by atoms with van der Waals surface area (Å²) in [7, 11) is 0. The molecule has 0 unspecified atom stereocenters. The standard InChI is InChI=1S/C30H33NO4/c1-29(2,3)24-17-21(18-25(27(24)34)30(4,5)6)26(33)16-9-19-7-10-20(11-8-19)28(35)31-22-12-14-23(32)15-13-22/h7-18,32,34H,1-6H3,(H,31,35). The Bertz CT molecular complexity index is 1220. The first-order valence-electron chi connectivity index (χ1n) is 11.6. The first-order valence-corrected chi connectivity index (χ1v) is 11.6. The molecule has 182 valence electrons. The van der Waals surface area contributed by atoms with Gasteiger partial charge in [0.1, 0.15) is 11.5 Å². The van der Waals surface area contributed by atoms with Gasteiger partial charge in [0.15, 0.2) is 5.78 Å². The lowest BCUT2D eigenvalue weighted by atomic mass is 9.78. The summed E-state index contributed by atoms with van der Waals surface area (Å²) in [5.74, 6) is -0.0529. The highest BCUT2D eigenvalue weighted by molar-refractivity contribution is 6.07. The van der Waals surface area contributed by atoms with E-state index in [9.17, 15) is 19.8 Å². The van der Waals surface area contributed by atoms with E-state index in [-0.39, 0.29) is 34.0 Å². The summed E-state index contributed by atoms with van der Waals surface area (Å²) in [6.07, 6.45) is 3.22. The normalized spacial score (nSPS) is 12.1. The number of nitrogens with one attached hydrogen (secondary N) is 1. The van der Waals surface area contributed by atoms with E-state index < -0.39 is 0 Å². The highest BCUT2D eigenvalue weighted by Crippen LogP contribution is 2.40. The van der Waals surface area contributed by atoms with Crippen LogP contribution >= 0.6 is 0 Å². The molecule has 0 bridgehead atoms. The number of allylic oxidation sites excluding steroid dienone is 1. The van der Waals surface area contributed by atoms with Crippen LogP contribution in [0, 0.1) is 0 Å². The second-order valence-corrected chi connectivity index (χ2v) is 10.7. The number of carbonyl (C=O) groups excluding carboxylic acids is 2. The van der Waals surface area contributed by atoms with Crippen molar-refractivity contribution < 1.29 is 19.8 Å². The SMILES string of the molecule is CC(C)(C)c1cc(C(=O)C=Cc2ccc(C(=O)Nc3ccc(O)cc3)cc2)cc(C(C)(C)C)c1O. The smallest absolute Gasteiger partial charge is 0.255 e. The van der Waals surface area contributed by atoms with Gasteiger partial charge in [0.05, 0.1) is 0 Å². The molecule has 5 nitrogen and oxygen atoms in total. The summed E-state index contributed by atoms with van der Waals surface area (Å²) in [6, 6.07) is 16.7. The van der Waals surface area contributed by atoms with Crippen LogP contribution in [0.2, 0.25) is 0 Å². The van der Waals surface area contributed by atoms with Crippen LogP contribution in [0.15, 0.2) is 66.7 Å². The van der Waals surface area contributed by atoms with Crippen LogP contribution in [-0.2, 0) is 10.8 Å². The van der Waals surface area contributed by atoms with Gasteiger partial charge in [-0.05, 0) is 71.0 Å². The van der Waals surface area contributed by atoms with E-state index in [4.69, 9.17) is 0 Å². The van der Waals surface area contributed by atoms with Crippen molar-refractivity contribution in [2.24, 2.45) is 0 Å². The Morgan fingerprint density at radius 3 is 1.74 bits per heavy atom. The minimum Gasteiger partial charge on any atom is -0.508 e. The molecule has 1 amide bonds. The molecule has 0 atom stereocenters. The lowest BCUT2D eigenvalue weighted by Crippen LogP contribution is -2.18. The molecule has 0 aromatic heterocycles. The Hall–Kier alpha value is -3.86. The van der Waals surface area contributed by atoms with E-state index in [1.165, 1.54) is 18.2 Å². The Morgan fingerprint density at radius 1 is 0.743 bits per heavy atom. The number of anilines is 1. The van der Waals surface area contributed by atoms with Crippen molar-refractivity contribution in [1.82, 2.24) is 0 Å². The number of carbonyl (C=O) groups is 2. The fraction of sp³-hybridized carbons (Fsp3) is 0.267. The summed E-state index contributed by atoms with van der Waals surface area (Å²) in [4.78, 5) is 25.5.